The summed E-state index contributed by atoms with van der Waals surface area (Å²) in [6.07, 6.45) is 1.65. The number of anilines is 4. The van der Waals surface area contributed by atoms with Crippen LogP contribution in [0.15, 0.2) is 65.7 Å². The van der Waals surface area contributed by atoms with E-state index in [1.807, 2.05) is 41.0 Å². The molecule has 6 rings (SSSR count). The first-order valence-corrected chi connectivity index (χ1v) is 15.1. The number of carbonyl (C=O) groups excluding carboxylic acids is 1. The first-order valence-electron chi connectivity index (χ1n) is 13.7. The predicted molar refractivity (Wildman–Crippen MR) is 158 cm³/mol. The molecule has 4 heterocycles. The van der Waals surface area contributed by atoms with Gasteiger partial charge in [0.15, 0.2) is 5.65 Å². The molecule has 2 aliphatic heterocycles. The predicted octanol–water partition coefficient (Wildman–Crippen LogP) is 2.96. The maximum Gasteiger partial charge on any atom is 0.269 e. The maximum atomic E-state index is 13.6. The van der Waals surface area contributed by atoms with Gasteiger partial charge in [-0.15, -0.1) is 0 Å². The van der Waals surface area contributed by atoms with Gasteiger partial charge in [0.1, 0.15) is 5.82 Å². The normalized spacial score (nSPS) is 17.8. The highest BCUT2D eigenvalue weighted by Crippen LogP contribution is 2.32. The number of nitrogens with zero attached hydrogens (tertiary/aromatic N) is 6. The zero-order chi connectivity index (χ0) is 28.7. The molecule has 2 fully saturated rings. The molecule has 0 spiro atoms. The van der Waals surface area contributed by atoms with Crippen molar-refractivity contribution in [2.75, 3.05) is 54.4 Å². The summed E-state index contributed by atoms with van der Waals surface area (Å²) >= 11 is 0. The van der Waals surface area contributed by atoms with Crippen LogP contribution < -0.4 is 15.1 Å². The number of nitrogens with one attached hydrogen (secondary N) is 1. The number of piperazine rings is 1. The third kappa shape index (κ3) is 5.32. The standard InChI is InChI=1S/C29H33N7O4S/c1-20-3-9-25(10-4-20)41(39,40)36-14-12-26-27(35-13-11-24(38)19-35)31-29(32-28(26)36)30-22-5-7-23(8-6-22)34-17-15-33(16-18-34)21(2)37/h3-10,12,14,24,38H,11,13,15-19H2,1-2H3,(H,30,31,32). The van der Waals surface area contributed by atoms with Gasteiger partial charge in [-0.2, -0.15) is 9.97 Å². The Bertz CT molecular complexity index is 1680. The summed E-state index contributed by atoms with van der Waals surface area (Å²) in [4.78, 5) is 27.3. The number of carbonyl (C=O) groups is 1. The van der Waals surface area contributed by atoms with Gasteiger partial charge in [-0.05, 0) is 55.8 Å². The minimum atomic E-state index is -3.91. The van der Waals surface area contributed by atoms with Gasteiger partial charge < -0.3 is 25.1 Å². The Morgan fingerprint density at radius 1 is 0.927 bits per heavy atom. The van der Waals surface area contributed by atoms with E-state index in [1.54, 1.807) is 37.3 Å². The number of hydrogen-bond acceptors (Lipinski definition) is 9. The van der Waals surface area contributed by atoms with Crippen LogP contribution in [0.1, 0.15) is 18.9 Å². The number of amides is 1. The van der Waals surface area contributed by atoms with E-state index in [0.29, 0.717) is 43.8 Å². The highest BCUT2D eigenvalue weighted by Gasteiger charge is 2.27. The molecule has 41 heavy (non-hydrogen) atoms. The van der Waals surface area contributed by atoms with Crippen LogP contribution in [0.2, 0.25) is 0 Å². The van der Waals surface area contributed by atoms with E-state index >= 15 is 0 Å². The Labute approximate surface area is 239 Å². The van der Waals surface area contributed by atoms with E-state index in [0.717, 1.165) is 30.0 Å². The lowest BCUT2D eigenvalue weighted by molar-refractivity contribution is -0.129. The molecule has 2 aromatic carbocycles. The smallest absolute Gasteiger partial charge is 0.269 e. The van der Waals surface area contributed by atoms with Crippen LogP contribution in [0.5, 0.6) is 0 Å². The number of aliphatic hydroxyl groups excluding tert-OH is 1. The van der Waals surface area contributed by atoms with Crippen LogP contribution in [0.4, 0.5) is 23.1 Å². The van der Waals surface area contributed by atoms with Crippen molar-refractivity contribution in [3.05, 3.63) is 66.4 Å². The number of β-amino-alcohol motifs (C(OH)–C–C–N with tert-alkyl or cyclic N) is 1. The van der Waals surface area contributed by atoms with Crippen molar-refractivity contribution in [2.45, 2.75) is 31.3 Å². The summed E-state index contributed by atoms with van der Waals surface area (Å²) < 4.78 is 28.4. The Hall–Kier alpha value is -4.16. The van der Waals surface area contributed by atoms with E-state index < -0.39 is 16.1 Å². The number of hydrogen-bond donors (Lipinski definition) is 2. The van der Waals surface area contributed by atoms with Gasteiger partial charge in [0.2, 0.25) is 11.9 Å². The summed E-state index contributed by atoms with van der Waals surface area (Å²) in [7, 11) is -3.91. The summed E-state index contributed by atoms with van der Waals surface area (Å²) in [6.45, 7) is 7.45. The third-order valence-corrected chi connectivity index (χ3v) is 9.43. The van der Waals surface area contributed by atoms with Crippen LogP contribution in [-0.2, 0) is 14.8 Å². The summed E-state index contributed by atoms with van der Waals surface area (Å²) in [5, 5.41) is 14.0. The fraction of sp³-hybridized carbons (Fsp3) is 0.345. The molecular weight excluding hydrogens is 542 g/mol. The van der Waals surface area contributed by atoms with Gasteiger partial charge in [-0.3, -0.25) is 4.79 Å². The van der Waals surface area contributed by atoms with E-state index in [9.17, 15) is 18.3 Å². The van der Waals surface area contributed by atoms with Gasteiger partial charge in [0.25, 0.3) is 10.0 Å². The Balaban J connectivity index is 1.32. The molecule has 4 aromatic rings. The largest absolute Gasteiger partial charge is 0.391 e. The molecule has 2 saturated heterocycles. The number of benzene rings is 2. The summed E-state index contributed by atoms with van der Waals surface area (Å²) in [5.41, 5.74) is 3.04. The van der Waals surface area contributed by atoms with E-state index in [2.05, 4.69) is 15.2 Å². The van der Waals surface area contributed by atoms with E-state index in [-0.39, 0.29) is 22.4 Å². The lowest BCUT2D eigenvalue weighted by atomic mass is 10.2. The van der Waals surface area contributed by atoms with Gasteiger partial charge in [-0.1, -0.05) is 17.7 Å². The topological polar surface area (TPSA) is 124 Å². The molecule has 2 aliphatic rings. The third-order valence-electron chi connectivity index (χ3n) is 7.75. The Morgan fingerprint density at radius 3 is 2.27 bits per heavy atom. The van der Waals surface area contributed by atoms with E-state index in [4.69, 9.17) is 4.98 Å². The minimum absolute atomic E-state index is 0.0989. The molecule has 2 aromatic heterocycles. The number of fused-ring (bicyclic) bond motifs is 1. The van der Waals surface area contributed by atoms with Crippen molar-refractivity contribution in [1.82, 2.24) is 18.8 Å². The number of aromatic nitrogens is 3. The van der Waals surface area contributed by atoms with Crippen LogP contribution >= 0.6 is 0 Å². The quantitative estimate of drug-likeness (QED) is 0.357. The molecule has 0 bridgehead atoms. The first kappa shape index (κ1) is 27.0. The van der Waals surface area contributed by atoms with E-state index in [1.165, 1.54) is 10.2 Å². The molecule has 11 nitrogen and oxygen atoms in total. The second-order valence-electron chi connectivity index (χ2n) is 10.6. The molecule has 2 N–H and O–H groups in total. The fourth-order valence-electron chi connectivity index (χ4n) is 5.39. The van der Waals surface area contributed by atoms with Gasteiger partial charge >= 0.3 is 0 Å². The van der Waals surface area contributed by atoms with Crippen LogP contribution in [0, 0.1) is 6.92 Å². The summed E-state index contributed by atoms with van der Waals surface area (Å²) in [5.74, 6) is 0.935. The van der Waals surface area contributed by atoms with Crippen molar-refractivity contribution in [3.63, 3.8) is 0 Å². The van der Waals surface area contributed by atoms with Gasteiger partial charge in [-0.25, -0.2) is 12.4 Å². The van der Waals surface area contributed by atoms with Crippen molar-refractivity contribution >= 4 is 50.1 Å². The molecular formula is C29H33N7O4S. The monoisotopic (exact) mass is 575 g/mol. The summed E-state index contributed by atoms with van der Waals surface area (Å²) in [6, 6.07) is 16.3. The number of aryl methyl sites for hydroxylation is 1. The first-order chi connectivity index (χ1) is 19.7. The minimum Gasteiger partial charge on any atom is -0.391 e. The van der Waals surface area contributed by atoms with Crippen LogP contribution in [0.3, 0.4) is 0 Å². The molecule has 0 aliphatic carbocycles. The Morgan fingerprint density at radius 2 is 1.63 bits per heavy atom. The van der Waals surface area contributed by atoms with Crippen LogP contribution in [-0.4, -0.2) is 83.6 Å². The maximum absolute atomic E-state index is 13.6. The second kappa shape index (κ2) is 10.7. The lowest BCUT2D eigenvalue weighted by Gasteiger charge is -2.35. The highest BCUT2D eigenvalue weighted by molar-refractivity contribution is 7.90. The average Bonchev–Trinajstić information content (AvgIpc) is 3.60. The van der Waals surface area contributed by atoms with Crippen molar-refractivity contribution in [1.29, 1.82) is 0 Å². The fourth-order valence-corrected chi connectivity index (χ4v) is 6.68. The molecule has 1 atom stereocenters. The zero-order valence-corrected chi connectivity index (χ0v) is 23.9. The van der Waals surface area contributed by atoms with Crippen molar-refractivity contribution < 1.29 is 18.3 Å². The van der Waals surface area contributed by atoms with Gasteiger partial charge in [0.05, 0.1) is 16.4 Å². The molecule has 1 amide bonds. The number of rotatable bonds is 6. The van der Waals surface area contributed by atoms with Gasteiger partial charge in [0, 0.05) is 63.8 Å². The molecule has 0 radical (unpaired) electrons. The molecule has 12 heteroatoms. The molecule has 1 unspecified atom stereocenters. The lowest BCUT2D eigenvalue weighted by Crippen LogP contribution is -2.48. The highest BCUT2D eigenvalue weighted by atomic mass is 32.2. The Kier molecular flexibility index (Phi) is 7.04. The molecule has 214 valence electrons. The average molecular weight is 576 g/mol. The van der Waals surface area contributed by atoms with Crippen LogP contribution in [0.25, 0.3) is 11.0 Å². The SMILES string of the molecule is CC(=O)N1CCN(c2ccc(Nc3nc(N4CCC(O)C4)c4ccn(S(=O)(=O)c5ccc(C)cc5)c4n3)cc2)CC1. The number of aliphatic hydroxyl groups is 1. The second-order valence-corrected chi connectivity index (χ2v) is 12.4. The molecule has 0 saturated carbocycles. The zero-order valence-electron chi connectivity index (χ0n) is 23.1. The van der Waals surface area contributed by atoms with Crippen molar-refractivity contribution in [3.8, 4) is 0 Å². The van der Waals surface area contributed by atoms with Crippen molar-refractivity contribution in [2.24, 2.45) is 0 Å².